The Morgan fingerprint density at radius 2 is 1.74 bits per heavy atom. The normalized spacial score (nSPS) is 13.2. The molecule has 1 aliphatic rings. The van der Waals surface area contributed by atoms with Crippen LogP contribution < -0.4 is 10.6 Å². The van der Waals surface area contributed by atoms with Crippen molar-refractivity contribution in [3.05, 3.63) is 71.5 Å². The summed E-state index contributed by atoms with van der Waals surface area (Å²) < 4.78 is 1.61. The maximum Gasteiger partial charge on any atom is 0.258 e. The van der Waals surface area contributed by atoms with Crippen LogP contribution >= 0.6 is 11.6 Å². The summed E-state index contributed by atoms with van der Waals surface area (Å²) in [7, 11) is 0. The van der Waals surface area contributed by atoms with E-state index in [4.69, 9.17) is 11.6 Å². The molecule has 1 aromatic heterocycles. The van der Waals surface area contributed by atoms with Gasteiger partial charge in [-0.25, -0.2) is 4.68 Å². The first-order chi connectivity index (χ1) is 13.1. The summed E-state index contributed by atoms with van der Waals surface area (Å²) in [4.78, 5) is 24.4. The third kappa shape index (κ3) is 4.17. The Morgan fingerprint density at radius 3 is 2.44 bits per heavy atom. The molecule has 0 unspecified atom stereocenters. The van der Waals surface area contributed by atoms with Crippen LogP contribution in [0.25, 0.3) is 5.69 Å². The summed E-state index contributed by atoms with van der Waals surface area (Å²) in [5.41, 5.74) is 2.51. The predicted molar refractivity (Wildman–Crippen MR) is 104 cm³/mol. The smallest absolute Gasteiger partial charge is 0.258 e. The van der Waals surface area contributed by atoms with Gasteiger partial charge < -0.3 is 10.6 Å². The summed E-state index contributed by atoms with van der Waals surface area (Å²) in [5, 5.41) is 10.6. The lowest BCUT2D eigenvalue weighted by Gasteiger charge is -2.08. The summed E-state index contributed by atoms with van der Waals surface area (Å²) >= 11 is 5.89. The van der Waals surface area contributed by atoms with Crippen LogP contribution in [-0.4, -0.2) is 21.6 Å². The van der Waals surface area contributed by atoms with Crippen LogP contribution in [0.15, 0.2) is 60.9 Å². The van der Waals surface area contributed by atoms with Gasteiger partial charge in [0.25, 0.3) is 5.91 Å². The van der Waals surface area contributed by atoms with E-state index in [0.29, 0.717) is 22.0 Å². The van der Waals surface area contributed by atoms with Crippen molar-refractivity contribution >= 4 is 34.8 Å². The minimum atomic E-state index is -0.277. The second-order valence-electron chi connectivity index (χ2n) is 6.45. The van der Waals surface area contributed by atoms with Crippen molar-refractivity contribution in [2.45, 2.75) is 12.8 Å². The van der Waals surface area contributed by atoms with Crippen molar-refractivity contribution in [2.75, 3.05) is 10.6 Å². The van der Waals surface area contributed by atoms with Crippen LogP contribution in [0.5, 0.6) is 0 Å². The molecule has 4 rings (SSSR count). The quantitative estimate of drug-likeness (QED) is 0.698. The molecule has 0 bridgehead atoms. The first kappa shape index (κ1) is 17.3. The van der Waals surface area contributed by atoms with Gasteiger partial charge in [-0.3, -0.25) is 9.59 Å². The molecular formula is C20H17ClN4O2. The zero-order valence-corrected chi connectivity index (χ0v) is 15.1. The molecule has 0 aliphatic heterocycles. The van der Waals surface area contributed by atoms with Crippen LogP contribution in [0.4, 0.5) is 11.4 Å². The zero-order valence-electron chi connectivity index (χ0n) is 14.4. The van der Waals surface area contributed by atoms with Gasteiger partial charge in [-0.05, 0) is 55.3 Å². The lowest BCUT2D eigenvalue weighted by atomic mass is 10.2. The fourth-order valence-corrected chi connectivity index (χ4v) is 2.77. The molecule has 2 amide bonds. The van der Waals surface area contributed by atoms with Crippen molar-refractivity contribution in [2.24, 2.45) is 5.92 Å². The average Bonchev–Trinajstić information content (AvgIpc) is 3.40. The standard InChI is InChI=1S/C20H17ClN4O2/c21-15-6-8-18(9-7-15)25-12-14(11-22-25)20(27)24-17-3-1-2-16(10-17)23-19(26)13-4-5-13/h1-3,6-13H,4-5H2,(H,23,26)(H,24,27). The maximum atomic E-state index is 12.5. The number of aromatic nitrogens is 2. The Morgan fingerprint density at radius 1 is 1.04 bits per heavy atom. The van der Waals surface area contributed by atoms with E-state index in [2.05, 4.69) is 15.7 Å². The van der Waals surface area contributed by atoms with Crippen LogP contribution in [0.3, 0.4) is 0 Å². The number of hydrogen-bond donors (Lipinski definition) is 2. The lowest BCUT2D eigenvalue weighted by Crippen LogP contribution is -2.14. The number of halogens is 1. The molecule has 27 heavy (non-hydrogen) atoms. The third-order valence-electron chi connectivity index (χ3n) is 4.27. The molecular weight excluding hydrogens is 364 g/mol. The first-order valence-corrected chi connectivity index (χ1v) is 8.99. The topological polar surface area (TPSA) is 76.0 Å². The van der Waals surface area contributed by atoms with E-state index in [-0.39, 0.29) is 17.7 Å². The first-order valence-electron chi connectivity index (χ1n) is 8.61. The van der Waals surface area contributed by atoms with Gasteiger partial charge in [0.15, 0.2) is 0 Å². The van der Waals surface area contributed by atoms with Crippen LogP contribution in [-0.2, 0) is 4.79 Å². The zero-order chi connectivity index (χ0) is 18.8. The van der Waals surface area contributed by atoms with Crippen LogP contribution in [0, 0.1) is 5.92 Å². The molecule has 0 spiro atoms. The highest BCUT2D eigenvalue weighted by molar-refractivity contribution is 6.30. The molecule has 1 aliphatic carbocycles. The van der Waals surface area contributed by atoms with E-state index in [1.54, 1.807) is 47.3 Å². The highest BCUT2D eigenvalue weighted by Gasteiger charge is 2.29. The monoisotopic (exact) mass is 380 g/mol. The van der Waals surface area contributed by atoms with Crippen molar-refractivity contribution in [1.29, 1.82) is 0 Å². The van der Waals surface area contributed by atoms with Gasteiger partial charge in [0.1, 0.15) is 0 Å². The number of benzene rings is 2. The third-order valence-corrected chi connectivity index (χ3v) is 4.52. The lowest BCUT2D eigenvalue weighted by molar-refractivity contribution is -0.117. The van der Waals surface area contributed by atoms with Crippen molar-refractivity contribution < 1.29 is 9.59 Å². The number of rotatable bonds is 5. The molecule has 0 radical (unpaired) electrons. The summed E-state index contributed by atoms with van der Waals surface area (Å²) in [5.74, 6) is -0.120. The predicted octanol–water partition coefficient (Wildman–Crippen LogP) is 4.13. The van der Waals surface area contributed by atoms with E-state index in [9.17, 15) is 9.59 Å². The molecule has 136 valence electrons. The van der Waals surface area contributed by atoms with Gasteiger partial charge in [0, 0.05) is 28.5 Å². The SMILES string of the molecule is O=C(Nc1cccc(NC(=O)C2CC2)c1)c1cnn(-c2ccc(Cl)cc2)c1. The molecule has 0 saturated heterocycles. The Bertz CT molecular complexity index is 993. The number of nitrogens with one attached hydrogen (secondary N) is 2. The molecule has 6 nitrogen and oxygen atoms in total. The van der Waals surface area contributed by atoms with Crippen molar-refractivity contribution in [3.63, 3.8) is 0 Å². The second-order valence-corrected chi connectivity index (χ2v) is 6.88. The molecule has 0 atom stereocenters. The number of nitrogens with zero attached hydrogens (tertiary/aromatic N) is 2. The highest BCUT2D eigenvalue weighted by atomic mass is 35.5. The van der Waals surface area contributed by atoms with E-state index in [1.807, 2.05) is 12.1 Å². The minimum Gasteiger partial charge on any atom is -0.326 e. The Kier molecular flexibility index (Phi) is 4.64. The van der Waals surface area contributed by atoms with E-state index >= 15 is 0 Å². The number of hydrogen-bond acceptors (Lipinski definition) is 3. The van der Waals surface area contributed by atoms with Crippen LogP contribution in [0.1, 0.15) is 23.2 Å². The van der Waals surface area contributed by atoms with Gasteiger partial charge in [-0.15, -0.1) is 0 Å². The summed E-state index contributed by atoms with van der Waals surface area (Å²) in [6, 6.07) is 14.3. The summed E-state index contributed by atoms with van der Waals surface area (Å²) in [6.07, 6.45) is 5.04. The maximum absolute atomic E-state index is 12.5. The highest BCUT2D eigenvalue weighted by Crippen LogP contribution is 2.30. The van der Waals surface area contributed by atoms with Crippen molar-refractivity contribution in [3.8, 4) is 5.69 Å². The van der Waals surface area contributed by atoms with Gasteiger partial charge >= 0.3 is 0 Å². The fourth-order valence-electron chi connectivity index (χ4n) is 2.64. The Balaban J connectivity index is 1.44. The van der Waals surface area contributed by atoms with Gasteiger partial charge in [0.2, 0.25) is 5.91 Å². The number of carbonyl (C=O) groups excluding carboxylic acids is 2. The average molecular weight is 381 g/mol. The van der Waals surface area contributed by atoms with Gasteiger partial charge in [-0.2, -0.15) is 5.10 Å². The molecule has 1 heterocycles. The molecule has 1 saturated carbocycles. The van der Waals surface area contributed by atoms with Crippen molar-refractivity contribution in [1.82, 2.24) is 9.78 Å². The van der Waals surface area contributed by atoms with Gasteiger partial charge in [-0.1, -0.05) is 17.7 Å². The number of anilines is 2. The number of amides is 2. The van der Waals surface area contributed by atoms with E-state index < -0.39 is 0 Å². The van der Waals surface area contributed by atoms with E-state index in [0.717, 1.165) is 18.5 Å². The van der Waals surface area contributed by atoms with Gasteiger partial charge in [0.05, 0.1) is 17.4 Å². The molecule has 2 N–H and O–H groups in total. The largest absolute Gasteiger partial charge is 0.326 e. The van der Waals surface area contributed by atoms with E-state index in [1.165, 1.54) is 6.20 Å². The van der Waals surface area contributed by atoms with Crippen LogP contribution in [0.2, 0.25) is 5.02 Å². The summed E-state index contributed by atoms with van der Waals surface area (Å²) in [6.45, 7) is 0. The number of carbonyl (C=O) groups is 2. The molecule has 3 aromatic rings. The molecule has 7 heteroatoms. The Labute approximate surface area is 161 Å². The molecule has 2 aromatic carbocycles. The molecule has 1 fully saturated rings. The second kappa shape index (κ2) is 7.25. The minimum absolute atomic E-state index is 0.0303. The fraction of sp³-hybridized carbons (Fsp3) is 0.150. The Hall–Kier alpha value is -3.12.